The highest BCUT2D eigenvalue weighted by molar-refractivity contribution is 14.1. The highest BCUT2D eigenvalue weighted by Gasteiger charge is 2.16. The van der Waals surface area contributed by atoms with E-state index in [2.05, 4.69) is 9.46 Å². The topological polar surface area (TPSA) is 55.4 Å². The van der Waals surface area contributed by atoms with Gasteiger partial charge >= 0.3 is 6.61 Å². The summed E-state index contributed by atoms with van der Waals surface area (Å²) in [7, 11) is -3.73. The zero-order chi connectivity index (χ0) is 16.3. The maximum absolute atomic E-state index is 12.3. The van der Waals surface area contributed by atoms with Gasteiger partial charge in [-0.25, -0.2) is 8.42 Å². The van der Waals surface area contributed by atoms with E-state index in [1.54, 1.807) is 12.1 Å². The SMILES string of the molecule is Cc1ccc(S(=O)(=O)Nc2ccc(OC(F)F)cc2I)cc1. The van der Waals surface area contributed by atoms with Gasteiger partial charge in [0.1, 0.15) is 5.75 Å². The van der Waals surface area contributed by atoms with Crippen molar-refractivity contribution in [2.45, 2.75) is 18.4 Å². The number of benzene rings is 2. The molecule has 0 aliphatic carbocycles. The highest BCUT2D eigenvalue weighted by atomic mass is 127. The van der Waals surface area contributed by atoms with Crippen molar-refractivity contribution in [2.75, 3.05) is 4.72 Å². The third-order valence-corrected chi connectivity index (χ3v) is 5.02. The summed E-state index contributed by atoms with van der Waals surface area (Å²) in [6, 6.07) is 10.4. The Morgan fingerprint density at radius 1 is 1.14 bits per heavy atom. The van der Waals surface area contributed by atoms with E-state index in [4.69, 9.17) is 0 Å². The molecule has 0 radical (unpaired) electrons. The van der Waals surface area contributed by atoms with Gasteiger partial charge in [-0.2, -0.15) is 8.78 Å². The Hall–Kier alpha value is -1.42. The first kappa shape index (κ1) is 16.9. The van der Waals surface area contributed by atoms with Gasteiger partial charge in [-0.3, -0.25) is 4.72 Å². The molecule has 4 nitrogen and oxygen atoms in total. The van der Waals surface area contributed by atoms with Crippen LogP contribution in [-0.2, 0) is 10.0 Å². The molecule has 22 heavy (non-hydrogen) atoms. The van der Waals surface area contributed by atoms with Crippen LogP contribution in [-0.4, -0.2) is 15.0 Å². The molecule has 0 spiro atoms. The number of alkyl halides is 2. The van der Waals surface area contributed by atoms with Gasteiger partial charge in [0, 0.05) is 3.57 Å². The summed E-state index contributed by atoms with van der Waals surface area (Å²) in [6.07, 6.45) is 0. The van der Waals surface area contributed by atoms with Crippen LogP contribution < -0.4 is 9.46 Å². The zero-order valence-electron chi connectivity index (χ0n) is 11.4. The molecule has 0 aliphatic heterocycles. The quantitative estimate of drug-likeness (QED) is 0.717. The van der Waals surface area contributed by atoms with Crippen molar-refractivity contribution in [3.63, 3.8) is 0 Å². The average Bonchev–Trinajstić information content (AvgIpc) is 2.41. The van der Waals surface area contributed by atoms with E-state index in [1.165, 1.54) is 30.3 Å². The predicted molar refractivity (Wildman–Crippen MR) is 87.8 cm³/mol. The fourth-order valence-corrected chi connectivity index (χ4v) is 3.56. The van der Waals surface area contributed by atoms with Crippen LogP contribution in [0, 0.1) is 10.5 Å². The Labute approximate surface area is 140 Å². The highest BCUT2D eigenvalue weighted by Crippen LogP contribution is 2.27. The fraction of sp³-hybridized carbons (Fsp3) is 0.143. The number of rotatable bonds is 5. The minimum atomic E-state index is -3.73. The summed E-state index contributed by atoms with van der Waals surface area (Å²) in [5, 5.41) is 0. The summed E-state index contributed by atoms with van der Waals surface area (Å²) in [5.74, 6) is -0.0299. The molecule has 0 saturated heterocycles. The monoisotopic (exact) mass is 439 g/mol. The molecule has 118 valence electrons. The van der Waals surface area contributed by atoms with Gasteiger partial charge in [-0.05, 0) is 59.8 Å². The standard InChI is InChI=1S/C14H12F2INO3S/c1-9-2-5-11(6-3-9)22(19,20)18-13-7-4-10(8-12(13)17)21-14(15)16/h2-8,14,18H,1H3. The van der Waals surface area contributed by atoms with Crippen molar-refractivity contribution in [1.29, 1.82) is 0 Å². The van der Waals surface area contributed by atoms with E-state index < -0.39 is 16.6 Å². The molecule has 0 unspecified atom stereocenters. The normalized spacial score (nSPS) is 11.5. The number of aryl methyl sites for hydroxylation is 1. The third kappa shape index (κ3) is 4.29. The molecular weight excluding hydrogens is 427 g/mol. The molecule has 2 aromatic rings. The van der Waals surface area contributed by atoms with Crippen molar-refractivity contribution in [2.24, 2.45) is 0 Å². The maximum atomic E-state index is 12.3. The Morgan fingerprint density at radius 3 is 2.32 bits per heavy atom. The first-order valence-corrected chi connectivity index (χ1v) is 8.68. The maximum Gasteiger partial charge on any atom is 0.387 e. The lowest BCUT2D eigenvalue weighted by molar-refractivity contribution is -0.0498. The van der Waals surface area contributed by atoms with E-state index in [1.807, 2.05) is 29.5 Å². The Bertz CT molecular complexity index is 764. The molecule has 0 bridgehead atoms. The summed E-state index contributed by atoms with van der Waals surface area (Å²) in [5.41, 5.74) is 1.24. The first-order chi connectivity index (χ1) is 10.3. The Balaban J connectivity index is 2.24. The second-order valence-corrected chi connectivity index (χ2v) is 7.28. The van der Waals surface area contributed by atoms with Crippen LogP contribution in [0.2, 0.25) is 0 Å². The van der Waals surface area contributed by atoms with Crippen LogP contribution in [0.3, 0.4) is 0 Å². The molecule has 0 amide bonds. The number of halogens is 3. The number of hydrogen-bond donors (Lipinski definition) is 1. The van der Waals surface area contributed by atoms with E-state index in [-0.39, 0.29) is 10.6 Å². The number of nitrogens with one attached hydrogen (secondary N) is 1. The zero-order valence-corrected chi connectivity index (χ0v) is 14.4. The average molecular weight is 439 g/mol. The number of sulfonamides is 1. The molecule has 0 saturated carbocycles. The van der Waals surface area contributed by atoms with Gasteiger partial charge in [0.15, 0.2) is 0 Å². The molecule has 0 fully saturated rings. The van der Waals surface area contributed by atoms with Crippen LogP contribution in [0.4, 0.5) is 14.5 Å². The number of hydrogen-bond acceptors (Lipinski definition) is 3. The lowest BCUT2D eigenvalue weighted by Gasteiger charge is -2.11. The Kier molecular flexibility index (Phi) is 5.22. The molecule has 1 N–H and O–H groups in total. The van der Waals surface area contributed by atoms with Gasteiger partial charge in [0.2, 0.25) is 0 Å². The van der Waals surface area contributed by atoms with Crippen LogP contribution in [0.5, 0.6) is 5.75 Å². The van der Waals surface area contributed by atoms with Gasteiger partial charge in [-0.15, -0.1) is 0 Å². The van der Waals surface area contributed by atoms with Crippen molar-refractivity contribution in [3.8, 4) is 5.75 Å². The smallest absolute Gasteiger partial charge is 0.387 e. The molecule has 2 rings (SSSR count). The lowest BCUT2D eigenvalue weighted by Crippen LogP contribution is -2.14. The molecule has 2 aromatic carbocycles. The second kappa shape index (κ2) is 6.78. The molecule has 0 aliphatic rings. The minimum Gasteiger partial charge on any atom is -0.435 e. The van der Waals surface area contributed by atoms with Crippen LogP contribution in [0.25, 0.3) is 0 Å². The van der Waals surface area contributed by atoms with E-state index in [0.717, 1.165) is 5.56 Å². The second-order valence-electron chi connectivity index (χ2n) is 4.44. The van der Waals surface area contributed by atoms with Gasteiger partial charge in [-0.1, -0.05) is 17.7 Å². The van der Waals surface area contributed by atoms with Gasteiger partial charge in [0.05, 0.1) is 10.6 Å². The van der Waals surface area contributed by atoms with Crippen molar-refractivity contribution in [1.82, 2.24) is 0 Å². The summed E-state index contributed by atoms with van der Waals surface area (Å²) >= 11 is 1.85. The predicted octanol–water partition coefficient (Wildman–Crippen LogP) is 4.00. The van der Waals surface area contributed by atoms with Crippen molar-refractivity contribution >= 4 is 38.3 Å². The van der Waals surface area contributed by atoms with Crippen molar-refractivity contribution < 1.29 is 21.9 Å². The molecule has 0 heterocycles. The Morgan fingerprint density at radius 2 is 1.77 bits per heavy atom. The summed E-state index contributed by atoms with van der Waals surface area (Å²) in [6.45, 7) is -1.07. The first-order valence-electron chi connectivity index (χ1n) is 6.12. The summed E-state index contributed by atoms with van der Waals surface area (Å²) in [4.78, 5) is 0.127. The van der Waals surface area contributed by atoms with Gasteiger partial charge in [0.25, 0.3) is 10.0 Å². The largest absolute Gasteiger partial charge is 0.435 e. The molecule has 0 aromatic heterocycles. The molecular formula is C14H12F2INO3S. The fourth-order valence-electron chi connectivity index (χ4n) is 1.68. The number of anilines is 1. The molecule has 8 heteroatoms. The van der Waals surface area contributed by atoms with Gasteiger partial charge < -0.3 is 4.74 Å². The number of ether oxygens (including phenoxy) is 1. The lowest BCUT2D eigenvalue weighted by atomic mass is 10.2. The van der Waals surface area contributed by atoms with Crippen LogP contribution in [0.15, 0.2) is 47.4 Å². The summed E-state index contributed by atoms with van der Waals surface area (Å²) < 4.78 is 55.9. The van der Waals surface area contributed by atoms with Crippen LogP contribution >= 0.6 is 22.6 Å². The minimum absolute atomic E-state index is 0.0299. The molecule has 0 atom stereocenters. The van der Waals surface area contributed by atoms with E-state index in [9.17, 15) is 17.2 Å². The van der Waals surface area contributed by atoms with Crippen molar-refractivity contribution in [3.05, 3.63) is 51.6 Å². The van der Waals surface area contributed by atoms with Crippen LogP contribution in [0.1, 0.15) is 5.56 Å². The van der Waals surface area contributed by atoms with E-state index >= 15 is 0 Å². The van der Waals surface area contributed by atoms with E-state index in [0.29, 0.717) is 9.26 Å². The third-order valence-electron chi connectivity index (χ3n) is 2.74.